The molecule has 0 aromatic carbocycles. The van der Waals surface area contributed by atoms with Crippen LogP contribution in [0.3, 0.4) is 0 Å². The molecule has 0 fully saturated rings. The van der Waals surface area contributed by atoms with Crippen molar-refractivity contribution in [2.45, 2.75) is 142 Å². The van der Waals surface area contributed by atoms with E-state index in [4.69, 9.17) is 9.47 Å². The van der Waals surface area contributed by atoms with Gasteiger partial charge in [-0.05, 0) is 32.1 Å². The Balaban J connectivity index is 3.36. The Kier molecular flexibility index (Phi) is 24.9. The van der Waals surface area contributed by atoms with Crippen LogP contribution in [-0.2, 0) is 19.1 Å². The minimum Gasteiger partial charge on any atom is -0.466 e. The van der Waals surface area contributed by atoms with Crippen LogP contribution in [0.5, 0.6) is 0 Å². The predicted octanol–water partition coefficient (Wildman–Crippen LogP) is 8.47. The van der Waals surface area contributed by atoms with E-state index in [2.05, 4.69) is 26.0 Å². The summed E-state index contributed by atoms with van der Waals surface area (Å²) in [6.07, 6.45) is 26.5. The summed E-state index contributed by atoms with van der Waals surface area (Å²) < 4.78 is 10.5. The van der Waals surface area contributed by atoms with Crippen LogP contribution in [0.15, 0.2) is 12.2 Å². The number of rotatable bonds is 24. The summed E-state index contributed by atoms with van der Waals surface area (Å²) in [5, 5.41) is 0. The molecule has 0 N–H and O–H groups in total. The van der Waals surface area contributed by atoms with E-state index < -0.39 is 0 Å². The van der Waals surface area contributed by atoms with Crippen molar-refractivity contribution in [3.63, 3.8) is 0 Å². The fraction of sp³-hybridized carbons (Fsp3) is 0.857. The second kappa shape index (κ2) is 25.9. The van der Waals surface area contributed by atoms with E-state index >= 15 is 0 Å². The zero-order valence-electron chi connectivity index (χ0n) is 21.3. The van der Waals surface area contributed by atoms with Gasteiger partial charge in [-0.25, -0.2) is 0 Å². The van der Waals surface area contributed by atoms with Crippen LogP contribution in [0.25, 0.3) is 0 Å². The van der Waals surface area contributed by atoms with Gasteiger partial charge in [-0.3, -0.25) is 9.59 Å². The number of unbranched alkanes of at least 4 members (excludes halogenated alkanes) is 14. The molecular formula is C28H52O4. The topological polar surface area (TPSA) is 52.6 Å². The number of hydrogen-bond donors (Lipinski definition) is 0. The van der Waals surface area contributed by atoms with Crippen molar-refractivity contribution in [3.8, 4) is 0 Å². The highest BCUT2D eigenvalue weighted by Gasteiger charge is 2.07. The lowest BCUT2D eigenvalue weighted by atomic mass is 10.1. The van der Waals surface area contributed by atoms with Crippen LogP contribution in [0.1, 0.15) is 142 Å². The molecule has 4 nitrogen and oxygen atoms in total. The van der Waals surface area contributed by atoms with Crippen LogP contribution >= 0.6 is 0 Å². The largest absolute Gasteiger partial charge is 0.466 e. The molecule has 0 spiro atoms. The Morgan fingerprint density at radius 1 is 0.500 bits per heavy atom. The molecule has 0 unspecified atom stereocenters. The van der Waals surface area contributed by atoms with Gasteiger partial charge in [-0.2, -0.15) is 0 Å². The van der Waals surface area contributed by atoms with Gasteiger partial charge in [-0.15, -0.1) is 0 Å². The molecule has 0 aromatic rings. The summed E-state index contributed by atoms with van der Waals surface area (Å²) in [5.74, 6) is -0.422. The zero-order valence-corrected chi connectivity index (χ0v) is 21.3. The first-order valence-electron chi connectivity index (χ1n) is 13.7. The summed E-state index contributed by atoms with van der Waals surface area (Å²) in [6.45, 7) is 5.40. The highest BCUT2D eigenvalue weighted by molar-refractivity contribution is 5.72. The average Bonchev–Trinajstić information content (AvgIpc) is 2.78. The molecule has 0 aliphatic heterocycles. The van der Waals surface area contributed by atoms with Crippen molar-refractivity contribution in [1.29, 1.82) is 0 Å². The molecule has 0 aromatic heterocycles. The van der Waals surface area contributed by atoms with E-state index in [0.29, 0.717) is 26.1 Å². The summed E-state index contributed by atoms with van der Waals surface area (Å²) in [4.78, 5) is 23.4. The van der Waals surface area contributed by atoms with Crippen molar-refractivity contribution < 1.29 is 19.1 Å². The van der Waals surface area contributed by atoms with Crippen LogP contribution in [0.4, 0.5) is 0 Å². The van der Waals surface area contributed by atoms with Gasteiger partial charge in [0.05, 0.1) is 13.2 Å². The average molecular weight is 453 g/mol. The molecule has 0 heterocycles. The Labute approximate surface area is 198 Å². The van der Waals surface area contributed by atoms with E-state index in [1.165, 1.54) is 83.5 Å². The molecular weight excluding hydrogens is 400 g/mol. The summed E-state index contributed by atoms with van der Waals surface area (Å²) in [7, 11) is 0. The monoisotopic (exact) mass is 452 g/mol. The summed E-state index contributed by atoms with van der Waals surface area (Å²) >= 11 is 0. The van der Waals surface area contributed by atoms with Gasteiger partial charge in [0.15, 0.2) is 0 Å². The van der Waals surface area contributed by atoms with E-state index in [0.717, 1.165) is 25.7 Å². The fourth-order valence-corrected chi connectivity index (χ4v) is 3.64. The fourth-order valence-electron chi connectivity index (χ4n) is 3.64. The maximum atomic E-state index is 11.7. The Hall–Kier alpha value is -1.32. The van der Waals surface area contributed by atoms with E-state index in [1.807, 2.05) is 0 Å². The minimum atomic E-state index is -0.221. The first-order valence-corrected chi connectivity index (χ1v) is 13.7. The van der Waals surface area contributed by atoms with Gasteiger partial charge in [0, 0.05) is 12.8 Å². The molecule has 188 valence electrons. The Morgan fingerprint density at radius 2 is 0.938 bits per heavy atom. The van der Waals surface area contributed by atoms with Crippen molar-refractivity contribution >= 4 is 11.9 Å². The third kappa shape index (κ3) is 24.9. The van der Waals surface area contributed by atoms with Crippen molar-refractivity contribution in [2.24, 2.45) is 0 Å². The molecule has 0 bridgehead atoms. The molecule has 0 aliphatic rings. The lowest BCUT2D eigenvalue weighted by Gasteiger charge is -2.05. The van der Waals surface area contributed by atoms with Crippen LogP contribution in [-0.4, -0.2) is 25.2 Å². The second-order valence-electron chi connectivity index (χ2n) is 8.94. The van der Waals surface area contributed by atoms with Gasteiger partial charge >= 0.3 is 11.9 Å². The molecule has 0 aliphatic carbocycles. The first kappa shape index (κ1) is 30.7. The smallest absolute Gasteiger partial charge is 0.305 e. The Morgan fingerprint density at radius 3 is 1.50 bits per heavy atom. The summed E-state index contributed by atoms with van der Waals surface area (Å²) in [5.41, 5.74) is 0. The lowest BCUT2D eigenvalue weighted by Crippen LogP contribution is -2.09. The SMILES string of the molecule is CCCCCCCCCC/C=C/CCOC(=O)CCCC(=O)OCCCCCCCCC. The normalized spacial score (nSPS) is 11.2. The number of allylic oxidation sites excluding steroid dienone is 1. The predicted molar refractivity (Wildman–Crippen MR) is 135 cm³/mol. The number of esters is 2. The zero-order chi connectivity index (χ0) is 23.5. The molecule has 32 heavy (non-hydrogen) atoms. The first-order chi connectivity index (χ1) is 15.7. The molecule has 0 radical (unpaired) electrons. The molecule has 4 heteroatoms. The van der Waals surface area contributed by atoms with Crippen LogP contribution < -0.4 is 0 Å². The number of carbonyl (C=O) groups excluding carboxylic acids is 2. The molecule has 0 saturated heterocycles. The van der Waals surface area contributed by atoms with Crippen LogP contribution in [0, 0.1) is 0 Å². The highest BCUT2D eigenvalue weighted by atomic mass is 16.5. The lowest BCUT2D eigenvalue weighted by molar-refractivity contribution is -0.145. The van der Waals surface area contributed by atoms with E-state index in [1.54, 1.807) is 0 Å². The van der Waals surface area contributed by atoms with Gasteiger partial charge in [0.2, 0.25) is 0 Å². The third-order valence-electron chi connectivity index (χ3n) is 5.71. The quantitative estimate of drug-likeness (QED) is 0.0837. The van der Waals surface area contributed by atoms with E-state index in [-0.39, 0.29) is 18.4 Å². The number of carbonyl (C=O) groups is 2. The molecule has 0 saturated carbocycles. The highest BCUT2D eigenvalue weighted by Crippen LogP contribution is 2.10. The third-order valence-corrected chi connectivity index (χ3v) is 5.71. The molecule has 0 rings (SSSR count). The minimum absolute atomic E-state index is 0.201. The van der Waals surface area contributed by atoms with Crippen molar-refractivity contribution in [1.82, 2.24) is 0 Å². The standard InChI is InChI=1S/C28H52O4/c1-3-5-7-9-11-12-13-14-15-17-19-21-26-32-28(30)24-22-23-27(29)31-25-20-18-16-10-8-6-4-2/h17,19H,3-16,18,20-26H2,1-2H3/b19-17+. The summed E-state index contributed by atoms with van der Waals surface area (Å²) in [6, 6.07) is 0. The maximum Gasteiger partial charge on any atom is 0.305 e. The van der Waals surface area contributed by atoms with Crippen molar-refractivity contribution in [3.05, 3.63) is 12.2 Å². The van der Waals surface area contributed by atoms with Crippen LogP contribution in [0.2, 0.25) is 0 Å². The Bertz CT molecular complexity index is 445. The van der Waals surface area contributed by atoms with Gasteiger partial charge in [0.25, 0.3) is 0 Å². The molecule has 0 atom stereocenters. The van der Waals surface area contributed by atoms with Crippen molar-refractivity contribution in [2.75, 3.05) is 13.2 Å². The maximum absolute atomic E-state index is 11.7. The number of hydrogen-bond acceptors (Lipinski definition) is 4. The van der Waals surface area contributed by atoms with Gasteiger partial charge in [0.1, 0.15) is 0 Å². The molecule has 0 amide bonds. The number of ether oxygens (including phenoxy) is 2. The van der Waals surface area contributed by atoms with E-state index in [9.17, 15) is 9.59 Å². The van der Waals surface area contributed by atoms with Gasteiger partial charge < -0.3 is 9.47 Å². The second-order valence-corrected chi connectivity index (χ2v) is 8.94. The van der Waals surface area contributed by atoms with Gasteiger partial charge in [-0.1, -0.05) is 109 Å².